The maximum absolute atomic E-state index is 5.40. The largest absolute Gasteiger partial charge is 0.497 e. The summed E-state index contributed by atoms with van der Waals surface area (Å²) in [6, 6.07) is 7.79. The maximum atomic E-state index is 5.40. The average molecular weight is 190 g/mol. The van der Waals surface area contributed by atoms with Gasteiger partial charge in [0.05, 0.1) is 7.11 Å². The molecule has 1 N–H and O–H groups in total. The van der Waals surface area contributed by atoms with E-state index in [1.165, 1.54) is 0 Å². The standard InChI is InChI=1S/C10H10N2O2/c1-13-8-2-4-9(5-3-8)14-10-11-6-7-12-10/h2-7H,1H3,(H,11,12). The van der Waals surface area contributed by atoms with Gasteiger partial charge in [-0.05, 0) is 24.3 Å². The number of methoxy groups -OCH3 is 1. The van der Waals surface area contributed by atoms with Crippen LogP contribution in [0.25, 0.3) is 0 Å². The van der Waals surface area contributed by atoms with E-state index >= 15 is 0 Å². The van der Waals surface area contributed by atoms with Crippen LogP contribution in [0.4, 0.5) is 0 Å². The van der Waals surface area contributed by atoms with Gasteiger partial charge in [0.2, 0.25) is 0 Å². The van der Waals surface area contributed by atoms with E-state index in [0.29, 0.717) is 6.01 Å². The Bertz CT molecular complexity index is 381. The van der Waals surface area contributed by atoms with E-state index in [9.17, 15) is 0 Å². The van der Waals surface area contributed by atoms with Gasteiger partial charge in [0.15, 0.2) is 0 Å². The van der Waals surface area contributed by atoms with Gasteiger partial charge in [-0.15, -0.1) is 0 Å². The zero-order chi connectivity index (χ0) is 9.80. The molecule has 2 rings (SSSR count). The summed E-state index contributed by atoms with van der Waals surface area (Å²) >= 11 is 0. The number of nitrogens with zero attached hydrogens (tertiary/aromatic N) is 1. The third-order valence-electron chi connectivity index (χ3n) is 1.75. The van der Waals surface area contributed by atoms with Crippen LogP contribution in [0, 0.1) is 0 Å². The Morgan fingerprint density at radius 2 is 1.86 bits per heavy atom. The molecule has 0 amide bonds. The normalized spacial score (nSPS) is 9.79. The number of nitrogens with one attached hydrogen (secondary N) is 1. The van der Waals surface area contributed by atoms with Crippen LogP contribution in [0.2, 0.25) is 0 Å². The van der Waals surface area contributed by atoms with Crippen molar-refractivity contribution in [3.63, 3.8) is 0 Å². The van der Waals surface area contributed by atoms with Crippen molar-refractivity contribution in [2.45, 2.75) is 0 Å². The molecule has 0 saturated heterocycles. The van der Waals surface area contributed by atoms with Crippen molar-refractivity contribution in [3.05, 3.63) is 36.7 Å². The first-order chi connectivity index (χ1) is 6.88. The van der Waals surface area contributed by atoms with E-state index < -0.39 is 0 Å². The number of ether oxygens (including phenoxy) is 2. The Labute approximate surface area is 81.5 Å². The van der Waals surface area contributed by atoms with Gasteiger partial charge in [-0.1, -0.05) is 0 Å². The second-order valence-electron chi connectivity index (χ2n) is 2.67. The highest BCUT2D eigenvalue weighted by Gasteiger charge is 1.98. The van der Waals surface area contributed by atoms with Crippen molar-refractivity contribution in [2.75, 3.05) is 7.11 Å². The Balaban J connectivity index is 2.10. The molecule has 0 aliphatic carbocycles. The Morgan fingerprint density at radius 3 is 2.43 bits per heavy atom. The molecule has 0 atom stereocenters. The summed E-state index contributed by atoms with van der Waals surface area (Å²) in [6.07, 6.45) is 3.34. The fourth-order valence-electron chi connectivity index (χ4n) is 1.06. The van der Waals surface area contributed by atoms with Gasteiger partial charge in [-0.25, -0.2) is 4.98 Å². The maximum Gasteiger partial charge on any atom is 0.299 e. The molecular weight excluding hydrogens is 180 g/mol. The number of aromatic amines is 1. The summed E-state index contributed by atoms with van der Waals surface area (Å²) in [5.74, 6) is 1.53. The molecule has 4 nitrogen and oxygen atoms in total. The highest BCUT2D eigenvalue weighted by atomic mass is 16.5. The summed E-state index contributed by atoms with van der Waals surface area (Å²) < 4.78 is 10.4. The monoisotopic (exact) mass is 190 g/mol. The number of imidazole rings is 1. The topological polar surface area (TPSA) is 47.1 Å². The minimum absolute atomic E-state index is 0.482. The molecule has 0 aliphatic rings. The van der Waals surface area contributed by atoms with Crippen LogP contribution in [0.15, 0.2) is 36.7 Å². The van der Waals surface area contributed by atoms with Gasteiger partial charge in [0.25, 0.3) is 6.01 Å². The molecule has 4 heteroatoms. The lowest BCUT2D eigenvalue weighted by Crippen LogP contribution is -1.86. The summed E-state index contributed by atoms with van der Waals surface area (Å²) in [5, 5.41) is 0. The first-order valence-corrected chi connectivity index (χ1v) is 4.20. The molecule has 0 aliphatic heterocycles. The van der Waals surface area contributed by atoms with Crippen molar-refractivity contribution >= 4 is 0 Å². The number of hydrogen-bond donors (Lipinski definition) is 1. The average Bonchev–Trinajstić information content (AvgIpc) is 2.72. The van der Waals surface area contributed by atoms with E-state index in [1.54, 1.807) is 19.5 Å². The molecule has 0 bridgehead atoms. The molecule has 0 spiro atoms. The smallest absolute Gasteiger partial charge is 0.299 e. The first kappa shape index (κ1) is 8.62. The molecule has 0 fully saturated rings. The number of hydrogen-bond acceptors (Lipinski definition) is 3. The van der Waals surface area contributed by atoms with Gasteiger partial charge < -0.3 is 14.5 Å². The predicted octanol–water partition coefficient (Wildman–Crippen LogP) is 2.21. The van der Waals surface area contributed by atoms with Crippen LogP contribution in [-0.4, -0.2) is 17.1 Å². The lowest BCUT2D eigenvalue weighted by molar-refractivity contribution is 0.411. The third kappa shape index (κ3) is 1.85. The summed E-state index contributed by atoms with van der Waals surface area (Å²) in [4.78, 5) is 6.79. The van der Waals surface area contributed by atoms with Crippen LogP contribution >= 0.6 is 0 Å². The van der Waals surface area contributed by atoms with Gasteiger partial charge >= 0.3 is 0 Å². The van der Waals surface area contributed by atoms with E-state index in [2.05, 4.69) is 9.97 Å². The Morgan fingerprint density at radius 1 is 1.14 bits per heavy atom. The first-order valence-electron chi connectivity index (χ1n) is 4.20. The van der Waals surface area contributed by atoms with Gasteiger partial charge in [0, 0.05) is 12.4 Å². The summed E-state index contributed by atoms with van der Waals surface area (Å²) in [7, 11) is 1.63. The van der Waals surface area contributed by atoms with Crippen LogP contribution in [0.5, 0.6) is 17.5 Å². The third-order valence-corrected chi connectivity index (χ3v) is 1.75. The lowest BCUT2D eigenvalue weighted by atomic mass is 10.3. The van der Waals surface area contributed by atoms with Crippen LogP contribution < -0.4 is 9.47 Å². The molecule has 72 valence electrons. The molecule has 0 unspecified atom stereocenters. The van der Waals surface area contributed by atoms with E-state index in [-0.39, 0.29) is 0 Å². The van der Waals surface area contributed by atoms with Crippen molar-refractivity contribution in [3.8, 4) is 17.5 Å². The fourth-order valence-corrected chi connectivity index (χ4v) is 1.06. The number of H-pyrrole nitrogens is 1. The zero-order valence-electron chi connectivity index (χ0n) is 7.73. The second kappa shape index (κ2) is 3.83. The van der Waals surface area contributed by atoms with Crippen LogP contribution in [0.3, 0.4) is 0 Å². The second-order valence-corrected chi connectivity index (χ2v) is 2.67. The van der Waals surface area contributed by atoms with E-state index in [0.717, 1.165) is 11.5 Å². The lowest BCUT2D eigenvalue weighted by Gasteiger charge is -2.02. The van der Waals surface area contributed by atoms with Gasteiger partial charge in [-0.2, -0.15) is 0 Å². The predicted molar refractivity (Wildman–Crippen MR) is 51.7 cm³/mol. The molecule has 0 radical (unpaired) electrons. The van der Waals surface area contributed by atoms with Gasteiger partial charge in [-0.3, -0.25) is 0 Å². The quantitative estimate of drug-likeness (QED) is 0.807. The van der Waals surface area contributed by atoms with Gasteiger partial charge in [0.1, 0.15) is 11.5 Å². The van der Waals surface area contributed by atoms with E-state index in [1.807, 2.05) is 24.3 Å². The number of rotatable bonds is 3. The van der Waals surface area contributed by atoms with Crippen molar-refractivity contribution in [1.29, 1.82) is 0 Å². The summed E-state index contributed by atoms with van der Waals surface area (Å²) in [6.45, 7) is 0. The van der Waals surface area contributed by atoms with Crippen molar-refractivity contribution in [2.24, 2.45) is 0 Å². The highest BCUT2D eigenvalue weighted by Crippen LogP contribution is 2.20. The Kier molecular flexibility index (Phi) is 2.36. The minimum Gasteiger partial charge on any atom is -0.497 e. The molecular formula is C10H10N2O2. The van der Waals surface area contributed by atoms with Crippen molar-refractivity contribution < 1.29 is 9.47 Å². The highest BCUT2D eigenvalue weighted by molar-refractivity contribution is 5.32. The number of aromatic nitrogens is 2. The molecule has 1 aromatic carbocycles. The SMILES string of the molecule is COc1ccc(Oc2ncc[nH]2)cc1. The minimum atomic E-state index is 0.482. The Hall–Kier alpha value is -1.97. The molecule has 0 saturated carbocycles. The van der Waals surface area contributed by atoms with Crippen LogP contribution in [0.1, 0.15) is 0 Å². The number of benzene rings is 1. The molecule has 2 aromatic rings. The molecule has 1 heterocycles. The zero-order valence-corrected chi connectivity index (χ0v) is 7.73. The van der Waals surface area contributed by atoms with Crippen molar-refractivity contribution in [1.82, 2.24) is 9.97 Å². The fraction of sp³-hybridized carbons (Fsp3) is 0.100. The van der Waals surface area contributed by atoms with Crippen LogP contribution in [-0.2, 0) is 0 Å². The molecule has 1 aromatic heterocycles. The molecule has 14 heavy (non-hydrogen) atoms. The summed E-state index contributed by atoms with van der Waals surface area (Å²) in [5.41, 5.74) is 0. The van der Waals surface area contributed by atoms with E-state index in [4.69, 9.17) is 9.47 Å².